The van der Waals surface area contributed by atoms with Crippen molar-refractivity contribution in [1.82, 2.24) is 4.90 Å². The molecule has 3 heterocycles. The van der Waals surface area contributed by atoms with E-state index in [1.54, 1.807) is 0 Å². The lowest BCUT2D eigenvalue weighted by Gasteiger charge is -2.51. The van der Waals surface area contributed by atoms with Gasteiger partial charge in [0.2, 0.25) is 0 Å². The fraction of sp³-hybridized carbons (Fsp3) is 0.708. The van der Waals surface area contributed by atoms with Gasteiger partial charge in [-0.25, -0.2) is 0 Å². The molecule has 6 rings (SSSR count). The van der Waals surface area contributed by atoms with Crippen LogP contribution in [-0.2, 0) is 27.2 Å². The van der Waals surface area contributed by atoms with Crippen molar-refractivity contribution in [2.24, 2.45) is 23.2 Å². The Kier molecular flexibility index (Phi) is 3.78. The number of hydrogen-bond donors (Lipinski definition) is 0. The molecule has 5 aliphatic rings. The first kappa shape index (κ1) is 17.5. The Hall–Kier alpha value is -1.39. The van der Waals surface area contributed by atoms with Crippen molar-refractivity contribution in [2.75, 3.05) is 19.7 Å². The maximum atomic E-state index is 12.9. The first-order valence-corrected chi connectivity index (χ1v) is 11.2. The molecule has 0 bridgehead atoms. The van der Waals surface area contributed by atoms with Crippen LogP contribution in [0.4, 0.5) is 0 Å². The monoisotopic (exact) mass is 381 g/mol. The van der Waals surface area contributed by atoms with Crippen LogP contribution < -0.4 is 0 Å². The van der Waals surface area contributed by atoms with E-state index in [1.165, 1.54) is 30.4 Å². The number of carbonyl (C=O) groups excluding carboxylic acids is 1. The van der Waals surface area contributed by atoms with E-state index in [0.717, 1.165) is 45.5 Å². The molecule has 2 saturated carbocycles. The molecule has 0 radical (unpaired) electrons. The Morgan fingerprint density at radius 1 is 1.21 bits per heavy atom. The second-order valence-electron chi connectivity index (χ2n) is 10.4. The zero-order chi connectivity index (χ0) is 18.9. The summed E-state index contributed by atoms with van der Waals surface area (Å²) in [6, 6.07) is 8.74. The predicted octanol–water partition coefficient (Wildman–Crippen LogP) is 3.57. The summed E-state index contributed by atoms with van der Waals surface area (Å²) in [5.41, 5.74) is 3.31. The average Bonchev–Trinajstić information content (AvgIpc) is 3.39. The Labute approximate surface area is 167 Å². The van der Waals surface area contributed by atoms with Gasteiger partial charge in [0.1, 0.15) is 6.10 Å². The fourth-order valence-electron chi connectivity index (χ4n) is 7.15. The Balaban J connectivity index is 1.21. The standard InChI is InChI=1S/C24H31NO3/c1-23-8-4-9-24(15-27-24)21(23)11-18-19(22(26)28-20(18)12-23)14-25-10-7-16-5-2-3-6-17(16)13-25/h2-3,5-6,18-21H,4,7-15H2,1H3/t18-,19+,20-,21+,23-,24+/m1/s1. The van der Waals surface area contributed by atoms with Crippen molar-refractivity contribution in [2.45, 2.75) is 63.7 Å². The van der Waals surface area contributed by atoms with Gasteiger partial charge in [-0.05, 0) is 61.0 Å². The highest BCUT2D eigenvalue weighted by atomic mass is 16.6. The minimum absolute atomic E-state index is 0.0394. The first-order chi connectivity index (χ1) is 13.6. The third-order valence-electron chi connectivity index (χ3n) is 8.74. The molecule has 0 N–H and O–H groups in total. The number of nitrogens with zero attached hydrogens (tertiary/aromatic N) is 1. The van der Waals surface area contributed by atoms with Crippen molar-refractivity contribution in [3.63, 3.8) is 0 Å². The summed E-state index contributed by atoms with van der Waals surface area (Å²) in [4.78, 5) is 15.3. The van der Waals surface area contributed by atoms with Gasteiger partial charge in [-0.2, -0.15) is 0 Å². The van der Waals surface area contributed by atoms with E-state index in [2.05, 4.69) is 36.1 Å². The smallest absolute Gasteiger partial charge is 0.310 e. The van der Waals surface area contributed by atoms with E-state index in [1.807, 2.05) is 0 Å². The summed E-state index contributed by atoms with van der Waals surface area (Å²) in [5, 5.41) is 0. The van der Waals surface area contributed by atoms with Gasteiger partial charge in [-0.3, -0.25) is 9.69 Å². The quantitative estimate of drug-likeness (QED) is 0.580. The third-order valence-corrected chi connectivity index (χ3v) is 8.74. The Morgan fingerprint density at radius 3 is 2.86 bits per heavy atom. The molecule has 4 heteroatoms. The molecular formula is C24H31NO3. The van der Waals surface area contributed by atoms with Gasteiger partial charge in [0.25, 0.3) is 0 Å². The van der Waals surface area contributed by atoms with Crippen LogP contribution >= 0.6 is 0 Å². The van der Waals surface area contributed by atoms with Crippen molar-refractivity contribution in [3.8, 4) is 0 Å². The van der Waals surface area contributed by atoms with Crippen molar-refractivity contribution >= 4 is 5.97 Å². The molecule has 28 heavy (non-hydrogen) atoms. The lowest BCUT2D eigenvalue weighted by molar-refractivity contribution is -0.147. The molecule has 150 valence electrons. The number of esters is 1. The molecule has 1 spiro atoms. The van der Waals surface area contributed by atoms with Crippen LogP contribution in [0.3, 0.4) is 0 Å². The zero-order valence-corrected chi connectivity index (χ0v) is 16.9. The molecule has 1 aromatic carbocycles. The first-order valence-electron chi connectivity index (χ1n) is 11.2. The lowest BCUT2D eigenvalue weighted by Crippen LogP contribution is -2.51. The van der Waals surface area contributed by atoms with E-state index in [4.69, 9.17) is 9.47 Å². The zero-order valence-electron chi connectivity index (χ0n) is 16.9. The molecule has 2 aliphatic carbocycles. The molecule has 2 saturated heterocycles. The van der Waals surface area contributed by atoms with E-state index in [0.29, 0.717) is 11.8 Å². The van der Waals surface area contributed by atoms with Crippen LogP contribution in [0.1, 0.15) is 50.2 Å². The molecular weight excluding hydrogens is 350 g/mol. The van der Waals surface area contributed by atoms with Gasteiger partial charge in [0, 0.05) is 25.6 Å². The number of benzene rings is 1. The van der Waals surface area contributed by atoms with Crippen LogP contribution in [0, 0.1) is 23.2 Å². The fourth-order valence-corrected chi connectivity index (χ4v) is 7.15. The summed E-state index contributed by atoms with van der Waals surface area (Å²) >= 11 is 0. The molecule has 0 amide bonds. The van der Waals surface area contributed by atoms with Gasteiger partial charge >= 0.3 is 5.97 Å². The highest BCUT2D eigenvalue weighted by Gasteiger charge is 2.65. The number of fused-ring (bicyclic) bond motifs is 4. The van der Waals surface area contributed by atoms with Gasteiger partial charge in [0.15, 0.2) is 0 Å². The average molecular weight is 382 g/mol. The number of carbonyl (C=O) groups is 1. The normalized spacial score (nSPS) is 44.5. The van der Waals surface area contributed by atoms with Gasteiger partial charge in [-0.1, -0.05) is 31.2 Å². The number of ether oxygens (including phenoxy) is 2. The summed E-state index contributed by atoms with van der Waals surface area (Å²) in [7, 11) is 0. The number of hydrogen-bond acceptors (Lipinski definition) is 4. The summed E-state index contributed by atoms with van der Waals surface area (Å²) in [6.45, 7) is 6.23. The van der Waals surface area contributed by atoms with Crippen LogP contribution in [-0.4, -0.2) is 42.3 Å². The van der Waals surface area contributed by atoms with E-state index >= 15 is 0 Å². The van der Waals surface area contributed by atoms with E-state index in [-0.39, 0.29) is 29.0 Å². The van der Waals surface area contributed by atoms with E-state index < -0.39 is 0 Å². The number of rotatable bonds is 2. The third kappa shape index (κ3) is 2.60. The van der Waals surface area contributed by atoms with Crippen LogP contribution in [0.15, 0.2) is 24.3 Å². The molecule has 0 unspecified atom stereocenters. The maximum absolute atomic E-state index is 12.9. The second-order valence-corrected chi connectivity index (χ2v) is 10.4. The Morgan fingerprint density at radius 2 is 2.04 bits per heavy atom. The van der Waals surface area contributed by atoms with Crippen molar-refractivity contribution in [1.29, 1.82) is 0 Å². The minimum Gasteiger partial charge on any atom is -0.462 e. The van der Waals surface area contributed by atoms with E-state index in [9.17, 15) is 4.79 Å². The summed E-state index contributed by atoms with van der Waals surface area (Å²) < 4.78 is 12.0. The van der Waals surface area contributed by atoms with Gasteiger partial charge in [-0.15, -0.1) is 0 Å². The second kappa shape index (κ2) is 6.06. The largest absolute Gasteiger partial charge is 0.462 e. The van der Waals surface area contributed by atoms with Crippen LogP contribution in [0.25, 0.3) is 0 Å². The topological polar surface area (TPSA) is 42.1 Å². The molecule has 6 atom stereocenters. The van der Waals surface area contributed by atoms with Crippen LogP contribution in [0.2, 0.25) is 0 Å². The highest BCUT2D eigenvalue weighted by Crippen LogP contribution is 2.62. The molecule has 4 fully saturated rings. The molecule has 4 nitrogen and oxygen atoms in total. The van der Waals surface area contributed by atoms with Crippen molar-refractivity contribution < 1.29 is 14.3 Å². The Bertz CT molecular complexity index is 803. The van der Waals surface area contributed by atoms with Gasteiger partial charge < -0.3 is 9.47 Å². The van der Waals surface area contributed by atoms with Gasteiger partial charge in [0.05, 0.1) is 18.1 Å². The predicted molar refractivity (Wildman–Crippen MR) is 106 cm³/mol. The molecule has 3 aliphatic heterocycles. The molecule has 1 aromatic rings. The summed E-state index contributed by atoms with van der Waals surface area (Å²) in [5.74, 6) is 1.08. The van der Waals surface area contributed by atoms with Crippen LogP contribution in [0.5, 0.6) is 0 Å². The minimum atomic E-state index is 0.0394. The van der Waals surface area contributed by atoms with Crippen molar-refractivity contribution in [3.05, 3.63) is 35.4 Å². The lowest BCUT2D eigenvalue weighted by atomic mass is 9.53. The maximum Gasteiger partial charge on any atom is 0.310 e. The number of epoxide rings is 1. The highest BCUT2D eigenvalue weighted by molar-refractivity contribution is 5.75. The summed E-state index contributed by atoms with van der Waals surface area (Å²) in [6.07, 6.45) is 7.10. The molecule has 0 aromatic heterocycles. The SMILES string of the molecule is C[C@]12CCC[C@]3(CO3)[C@H]1C[C@@H]1[C@H](CN3CCc4ccccc4C3)C(=O)O[C@@H]1C2.